The summed E-state index contributed by atoms with van der Waals surface area (Å²) in [6.07, 6.45) is 0.744. The molecule has 0 aliphatic heterocycles. The van der Waals surface area contributed by atoms with E-state index in [0.29, 0.717) is 19.8 Å². The van der Waals surface area contributed by atoms with Crippen molar-refractivity contribution in [1.82, 2.24) is 0 Å². The van der Waals surface area contributed by atoms with E-state index in [-0.39, 0.29) is 12.6 Å². The van der Waals surface area contributed by atoms with E-state index in [4.69, 9.17) is 14.2 Å². The van der Waals surface area contributed by atoms with Crippen molar-refractivity contribution in [2.24, 2.45) is 0 Å². The Balaban J connectivity index is 1.96. The molecule has 0 heterocycles. The van der Waals surface area contributed by atoms with Gasteiger partial charge in [0.15, 0.2) is 0 Å². The van der Waals surface area contributed by atoms with Gasteiger partial charge >= 0.3 is 5.97 Å². The molecule has 0 spiro atoms. The van der Waals surface area contributed by atoms with E-state index >= 15 is 0 Å². The topological polar surface area (TPSA) is 44.8 Å². The highest BCUT2D eigenvalue weighted by Gasteiger charge is 2.00. The highest BCUT2D eigenvalue weighted by molar-refractivity contribution is 5.70. The SMILES string of the molecule is CCOC(=O)COCCCOc1ccccc1. The maximum atomic E-state index is 10.9. The van der Waals surface area contributed by atoms with Gasteiger partial charge in [0.1, 0.15) is 12.4 Å². The lowest BCUT2D eigenvalue weighted by atomic mass is 10.3. The van der Waals surface area contributed by atoms with Crippen molar-refractivity contribution in [3.63, 3.8) is 0 Å². The number of benzene rings is 1. The zero-order valence-electron chi connectivity index (χ0n) is 10.1. The summed E-state index contributed by atoms with van der Waals surface area (Å²) < 4.78 is 15.3. The van der Waals surface area contributed by atoms with Crippen LogP contribution in [-0.2, 0) is 14.3 Å². The molecule has 1 aromatic carbocycles. The number of ether oxygens (including phenoxy) is 3. The zero-order valence-corrected chi connectivity index (χ0v) is 10.1. The summed E-state index contributed by atoms with van der Waals surface area (Å²) in [5.41, 5.74) is 0. The van der Waals surface area contributed by atoms with Gasteiger partial charge in [-0.3, -0.25) is 0 Å². The molecule has 17 heavy (non-hydrogen) atoms. The Hall–Kier alpha value is -1.55. The summed E-state index contributed by atoms with van der Waals surface area (Å²) in [6.45, 7) is 3.24. The first-order valence-electron chi connectivity index (χ1n) is 5.74. The van der Waals surface area contributed by atoms with Gasteiger partial charge in [-0.15, -0.1) is 0 Å². The molecule has 0 unspecified atom stereocenters. The number of carbonyl (C=O) groups is 1. The number of rotatable bonds is 8. The lowest BCUT2D eigenvalue weighted by molar-refractivity contribution is -0.148. The highest BCUT2D eigenvalue weighted by Crippen LogP contribution is 2.08. The Morgan fingerprint density at radius 1 is 1.18 bits per heavy atom. The van der Waals surface area contributed by atoms with Gasteiger partial charge in [0.2, 0.25) is 0 Å². The molecule has 0 aliphatic rings. The van der Waals surface area contributed by atoms with Crippen LogP contribution in [0.5, 0.6) is 5.75 Å². The van der Waals surface area contributed by atoms with Gasteiger partial charge < -0.3 is 14.2 Å². The highest BCUT2D eigenvalue weighted by atomic mass is 16.6. The van der Waals surface area contributed by atoms with E-state index in [1.807, 2.05) is 30.3 Å². The monoisotopic (exact) mass is 238 g/mol. The molecule has 4 heteroatoms. The third-order valence-electron chi connectivity index (χ3n) is 1.97. The summed E-state index contributed by atoms with van der Waals surface area (Å²) in [5.74, 6) is 0.523. The predicted octanol–water partition coefficient (Wildman–Crippen LogP) is 2.04. The fourth-order valence-electron chi connectivity index (χ4n) is 1.23. The summed E-state index contributed by atoms with van der Waals surface area (Å²) in [4.78, 5) is 10.9. The molecule has 4 nitrogen and oxygen atoms in total. The molecule has 1 aromatic rings. The van der Waals surface area contributed by atoms with Gasteiger partial charge in [-0.05, 0) is 19.1 Å². The van der Waals surface area contributed by atoms with Gasteiger partial charge in [-0.1, -0.05) is 18.2 Å². The molecule has 0 aliphatic carbocycles. The van der Waals surface area contributed by atoms with Crippen LogP contribution in [0.15, 0.2) is 30.3 Å². The van der Waals surface area contributed by atoms with Crippen LogP contribution in [0, 0.1) is 0 Å². The third-order valence-corrected chi connectivity index (χ3v) is 1.97. The molecule has 0 saturated carbocycles. The Bertz CT molecular complexity index is 310. The number of carbonyl (C=O) groups excluding carboxylic acids is 1. The standard InChI is InChI=1S/C13H18O4/c1-2-16-13(14)11-15-9-6-10-17-12-7-4-3-5-8-12/h3-5,7-8H,2,6,9-11H2,1H3. The molecular formula is C13H18O4. The quantitative estimate of drug-likeness (QED) is 0.513. The van der Waals surface area contributed by atoms with E-state index in [9.17, 15) is 4.79 Å². The lowest BCUT2D eigenvalue weighted by Crippen LogP contribution is -2.13. The molecule has 1 rings (SSSR count). The van der Waals surface area contributed by atoms with Crippen molar-refractivity contribution in [3.8, 4) is 5.75 Å². The van der Waals surface area contributed by atoms with E-state index in [2.05, 4.69) is 0 Å². The van der Waals surface area contributed by atoms with Crippen molar-refractivity contribution >= 4 is 5.97 Å². The maximum absolute atomic E-state index is 10.9. The first-order chi connectivity index (χ1) is 8.33. The molecular weight excluding hydrogens is 220 g/mol. The van der Waals surface area contributed by atoms with Gasteiger partial charge in [-0.2, -0.15) is 0 Å². The Kier molecular flexibility index (Phi) is 6.82. The molecule has 0 bridgehead atoms. The minimum atomic E-state index is -0.323. The minimum absolute atomic E-state index is 0.0131. The Morgan fingerprint density at radius 2 is 1.94 bits per heavy atom. The van der Waals surface area contributed by atoms with E-state index in [1.54, 1.807) is 6.92 Å². The second kappa shape index (κ2) is 8.58. The average Bonchev–Trinajstić information content (AvgIpc) is 2.35. The fourth-order valence-corrected chi connectivity index (χ4v) is 1.23. The second-order valence-electron chi connectivity index (χ2n) is 3.37. The summed E-state index contributed by atoms with van der Waals surface area (Å²) in [5, 5.41) is 0. The normalized spacial score (nSPS) is 9.94. The largest absolute Gasteiger partial charge is 0.494 e. The van der Waals surface area contributed by atoms with Crippen molar-refractivity contribution < 1.29 is 19.0 Å². The van der Waals surface area contributed by atoms with Crippen molar-refractivity contribution in [3.05, 3.63) is 30.3 Å². The van der Waals surface area contributed by atoms with Gasteiger partial charge in [0.05, 0.1) is 19.8 Å². The molecule has 0 amide bonds. The third kappa shape index (κ3) is 6.58. The fraction of sp³-hybridized carbons (Fsp3) is 0.462. The number of hydrogen-bond acceptors (Lipinski definition) is 4. The molecule has 94 valence electrons. The average molecular weight is 238 g/mol. The zero-order chi connectivity index (χ0) is 12.3. The molecule has 0 aromatic heterocycles. The lowest BCUT2D eigenvalue weighted by Gasteiger charge is -2.06. The molecule has 0 radical (unpaired) electrons. The van der Waals surface area contributed by atoms with Crippen LogP contribution in [0.4, 0.5) is 0 Å². The molecule has 0 fully saturated rings. The van der Waals surface area contributed by atoms with Crippen LogP contribution in [0.3, 0.4) is 0 Å². The Labute approximate surface area is 101 Å². The number of hydrogen-bond donors (Lipinski definition) is 0. The Morgan fingerprint density at radius 3 is 2.65 bits per heavy atom. The van der Waals surface area contributed by atoms with Crippen molar-refractivity contribution in [2.75, 3.05) is 26.4 Å². The predicted molar refractivity (Wildman–Crippen MR) is 64.0 cm³/mol. The first kappa shape index (κ1) is 13.5. The second-order valence-corrected chi connectivity index (χ2v) is 3.37. The van der Waals surface area contributed by atoms with E-state index < -0.39 is 0 Å². The van der Waals surface area contributed by atoms with Crippen LogP contribution in [0.25, 0.3) is 0 Å². The van der Waals surface area contributed by atoms with Crippen molar-refractivity contribution in [1.29, 1.82) is 0 Å². The number of esters is 1. The van der Waals surface area contributed by atoms with Crippen LogP contribution < -0.4 is 4.74 Å². The smallest absolute Gasteiger partial charge is 0.332 e. The van der Waals surface area contributed by atoms with Crippen LogP contribution in [-0.4, -0.2) is 32.4 Å². The molecule has 0 atom stereocenters. The summed E-state index contributed by atoms with van der Waals surface area (Å²) >= 11 is 0. The minimum Gasteiger partial charge on any atom is -0.494 e. The van der Waals surface area contributed by atoms with E-state index in [0.717, 1.165) is 12.2 Å². The van der Waals surface area contributed by atoms with Crippen LogP contribution >= 0.6 is 0 Å². The number of para-hydroxylation sites is 1. The van der Waals surface area contributed by atoms with Gasteiger partial charge in [-0.25, -0.2) is 4.79 Å². The maximum Gasteiger partial charge on any atom is 0.332 e. The molecule has 0 saturated heterocycles. The van der Waals surface area contributed by atoms with Gasteiger partial charge in [0, 0.05) is 6.42 Å². The summed E-state index contributed by atoms with van der Waals surface area (Å²) in [7, 11) is 0. The van der Waals surface area contributed by atoms with Crippen molar-refractivity contribution in [2.45, 2.75) is 13.3 Å². The molecule has 0 N–H and O–H groups in total. The van der Waals surface area contributed by atoms with Gasteiger partial charge in [0.25, 0.3) is 0 Å². The summed E-state index contributed by atoms with van der Waals surface area (Å²) in [6, 6.07) is 9.59. The van der Waals surface area contributed by atoms with E-state index in [1.165, 1.54) is 0 Å². The van der Waals surface area contributed by atoms with Crippen LogP contribution in [0.2, 0.25) is 0 Å². The first-order valence-corrected chi connectivity index (χ1v) is 5.74. The van der Waals surface area contributed by atoms with Crippen LogP contribution in [0.1, 0.15) is 13.3 Å².